The molecule has 2 aromatic rings. The smallest absolute Gasteiger partial charge is 0.227 e. The number of benzene rings is 1. The molecule has 0 unspecified atom stereocenters. The lowest BCUT2D eigenvalue weighted by molar-refractivity contribution is -0.132. The zero-order valence-corrected chi connectivity index (χ0v) is 13.5. The second-order valence-corrected chi connectivity index (χ2v) is 6.61. The van der Waals surface area contributed by atoms with E-state index in [9.17, 15) is 4.79 Å². The van der Waals surface area contributed by atoms with E-state index in [1.54, 1.807) is 0 Å². The largest absolute Gasteiger partial charge is 0.361 e. The standard InChI is InChI=1S/C18H25N3O/c1-14(2)13-20-7-9-21(10-8-20)18(22)11-15-12-19-17-6-4-3-5-16(15)17/h3-6,12,14,19H,7-11,13H2,1-2H3. The summed E-state index contributed by atoms with van der Waals surface area (Å²) in [6.07, 6.45) is 2.46. The van der Waals surface area contributed by atoms with Crippen LogP contribution in [-0.4, -0.2) is 53.4 Å². The van der Waals surface area contributed by atoms with Crippen molar-refractivity contribution in [2.24, 2.45) is 5.92 Å². The predicted molar refractivity (Wildman–Crippen MR) is 89.9 cm³/mol. The maximum absolute atomic E-state index is 12.5. The average Bonchev–Trinajstić information content (AvgIpc) is 2.91. The maximum atomic E-state index is 12.5. The van der Waals surface area contributed by atoms with Gasteiger partial charge in [0.1, 0.15) is 0 Å². The number of aromatic nitrogens is 1. The highest BCUT2D eigenvalue weighted by Crippen LogP contribution is 2.19. The van der Waals surface area contributed by atoms with Gasteiger partial charge in [0.05, 0.1) is 6.42 Å². The molecule has 1 aromatic heterocycles. The molecule has 1 aliphatic rings. The summed E-state index contributed by atoms with van der Waals surface area (Å²) in [5, 5.41) is 1.16. The molecule has 1 fully saturated rings. The Hall–Kier alpha value is -1.81. The van der Waals surface area contributed by atoms with Crippen molar-refractivity contribution < 1.29 is 4.79 Å². The van der Waals surface area contributed by atoms with Gasteiger partial charge in [-0.2, -0.15) is 0 Å². The maximum Gasteiger partial charge on any atom is 0.227 e. The quantitative estimate of drug-likeness (QED) is 0.942. The first-order valence-electron chi connectivity index (χ1n) is 8.18. The highest BCUT2D eigenvalue weighted by atomic mass is 16.2. The van der Waals surface area contributed by atoms with Crippen LogP contribution in [0.4, 0.5) is 0 Å². The summed E-state index contributed by atoms with van der Waals surface area (Å²) in [6, 6.07) is 8.16. The van der Waals surface area contributed by atoms with E-state index in [1.807, 2.05) is 29.3 Å². The summed E-state index contributed by atoms with van der Waals surface area (Å²) in [5.74, 6) is 0.933. The number of hydrogen-bond donors (Lipinski definition) is 1. The number of piperazine rings is 1. The molecule has 118 valence electrons. The second kappa shape index (κ2) is 6.53. The summed E-state index contributed by atoms with van der Waals surface area (Å²) in [7, 11) is 0. The summed E-state index contributed by atoms with van der Waals surface area (Å²) in [6.45, 7) is 9.32. The van der Waals surface area contributed by atoms with Crippen LogP contribution in [-0.2, 0) is 11.2 Å². The van der Waals surface area contributed by atoms with Gasteiger partial charge in [0.25, 0.3) is 0 Å². The minimum Gasteiger partial charge on any atom is -0.361 e. The van der Waals surface area contributed by atoms with E-state index >= 15 is 0 Å². The number of amides is 1. The zero-order valence-electron chi connectivity index (χ0n) is 13.5. The molecule has 4 heteroatoms. The third-order valence-corrected chi connectivity index (χ3v) is 4.36. The number of nitrogens with zero attached hydrogens (tertiary/aromatic N) is 2. The van der Waals surface area contributed by atoms with E-state index in [2.05, 4.69) is 29.8 Å². The minimum absolute atomic E-state index is 0.244. The van der Waals surface area contributed by atoms with Crippen LogP contribution in [0, 0.1) is 5.92 Å². The van der Waals surface area contributed by atoms with Gasteiger partial charge in [0, 0.05) is 49.8 Å². The normalized spacial score (nSPS) is 16.6. The number of carbonyl (C=O) groups excluding carboxylic acids is 1. The summed E-state index contributed by atoms with van der Waals surface area (Å²) in [4.78, 5) is 20.2. The van der Waals surface area contributed by atoms with Gasteiger partial charge in [0.2, 0.25) is 5.91 Å². The van der Waals surface area contributed by atoms with E-state index in [1.165, 1.54) is 0 Å². The molecular formula is C18H25N3O. The van der Waals surface area contributed by atoms with Crippen LogP contribution < -0.4 is 0 Å². The Morgan fingerprint density at radius 1 is 1.18 bits per heavy atom. The van der Waals surface area contributed by atoms with Gasteiger partial charge >= 0.3 is 0 Å². The van der Waals surface area contributed by atoms with Gasteiger partial charge in [-0.3, -0.25) is 9.69 Å². The van der Waals surface area contributed by atoms with Crippen LogP contribution in [0.5, 0.6) is 0 Å². The Morgan fingerprint density at radius 2 is 1.91 bits per heavy atom. The fourth-order valence-corrected chi connectivity index (χ4v) is 3.25. The molecule has 1 aromatic carbocycles. The number of fused-ring (bicyclic) bond motifs is 1. The molecule has 3 rings (SSSR count). The lowest BCUT2D eigenvalue weighted by Gasteiger charge is -2.35. The molecule has 2 heterocycles. The van der Waals surface area contributed by atoms with Crippen molar-refractivity contribution in [1.29, 1.82) is 0 Å². The Kier molecular flexibility index (Phi) is 4.48. The van der Waals surface area contributed by atoms with Gasteiger partial charge in [-0.05, 0) is 17.5 Å². The van der Waals surface area contributed by atoms with Crippen molar-refractivity contribution >= 4 is 16.8 Å². The van der Waals surface area contributed by atoms with Crippen LogP contribution >= 0.6 is 0 Å². The highest BCUT2D eigenvalue weighted by molar-refractivity contribution is 5.88. The fourth-order valence-electron chi connectivity index (χ4n) is 3.25. The van der Waals surface area contributed by atoms with Gasteiger partial charge in [0.15, 0.2) is 0 Å². The molecule has 1 amide bonds. The van der Waals surface area contributed by atoms with Crippen LogP contribution in [0.3, 0.4) is 0 Å². The first-order chi connectivity index (χ1) is 10.6. The number of rotatable bonds is 4. The van der Waals surface area contributed by atoms with Gasteiger partial charge < -0.3 is 9.88 Å². The Bertz CT molecular complexity index is 639. The number of carbonyl (C=O) groups is 1. The summed E-state index contributed by atoms with van der Waals surface area (Å²) < 4.78 is 0. The minimum atomic E-state index is 0.244. The van der Waals surface area contributed by atoms with Crippen molar-refractivity contribution in [2.45, 2.75) is 20.3 Å². The van der Waals surface area contributed by atoms with E-state index in [4.69, 9.17) is 0 Å². The third-order valence-electron chi connectivity index (χ3n) is 4.36. The highest BCUT2D eigenvalue weighted by Gasteiger charge is 2.22. The Balaban J connectivity index is 1.59. The van der Waals surface area contributed by atoms with E-state index in [0.29, 0.717) is 12.3 Å². The molecule has 0 atom stereocenters. The molecule has 4 nitrogen and oxygen atoms in total. The summed E-state index contributed by atoms with van der Waals surface area (Å²) >= 11 is 0. The Morgan fingerprint density at radius 3 is 2.64 bits per heavy atom. The van der Waals surface area contributed by atoms with E-state index in [-0.39, 0.29) is 5.91 Å². The lowest BCUT2D eigenvalue weighted by atomic mass is 10.1. The van der Waals surface area contributed by atoms with Crippen molar-refractivity contribution in [3.05, 3.63) is 36.0 Å². The number of nitrogens with one attached hydrogen (secondary N) is 1. The molecule has 0 radical (unpaired) electrons. The zero-order chi connectivity index (χ0) is 15.5. The number of H-pyrrole nitrogens is 1. The number of aromatic amines is 1. The van der Waals surface area contributed by atoms with Gasteiger partial charge in [-0.15, -0.1) is 0 Å². The van der Waals surface area contributed by atoms with E-state index in [0.717, 1.165) is 49.2 Å². The monoisotopic (exact) mass is 299 g/mol. The van der Waals surface area contributed by atoms with Crippen molar-refractivity contribution in [3.63, 3.8) is 0 Å². The molecule has 0 saturated carbocycles. The average molecular weight is 299 g/mol. The Labute approximate surface area is 132 Å². The number of para-hydroxylation sites is 1. The van der Waals surface area contributed by atoms with Crippen molar-refractivity contribution in [2.75, 3.05) is 32.7 Å². The first-order valence-corrected chi connectivity index (χ1v) is 8.18. The summed E-state index contributed by atoms with van der Waals surface area (Å²) in [5.41, 5.74) is 2.21. The molecule has 0 bridgehead atoms. The van der Waals surface area contributed by atoms with Crippen molar-refractivity contribution in [1.82, 2.24) is 14.8 Å². The van der Waals surface area contributed by atoms with Crippen LogP contribution in [0.2, 0.25) is 0 Å². The van der Waals surface area contributed by atoms with Gasteiger partial charge in [-0.25, -0.2) is 0 Å². The predicted octanol–water partition coefficient (Wildman–Crippen LogP) is 2.51. The molecule has 1 aliphatic heterocycles. The molecule has 22 heavy (non-hydrogen) atoms. The first kappa shape index (κ1) is 15.1. The third kappa shape index (κ3) is 3.33. The van der Waals surface area contributed by atoms with Crippen LogP contribution in [0.15, 0.2) is 30.5 Å². The van der Waals surface area contributed by atoms with Gasteiger partial charge in [-0.1, -0.05) is 32.0 Å². The molecule has 1 N–H and O–H groups in total. The molecule has 0 spiro atoms. The molecular weight excluding hydrogens is 274 g/mol. The SMILES string of the molecule is CC(C)CN1CCN(C(=O)Cc2c[nH]c3ccccc23)CC1. The molecule has 0 aliphatic carbocycles. The van der Waals surface area contributed by atoms with Crippen LogP contribution in [0.25, 0.3) is 10.9 Å². The molecule has 1 saturated heterocycles. The lowest BCUT2D eigenvalue weighted by Crippen LogP contribution is -2.49. The number of hydrogen-bond acceptors (Lipinski definition) is 2. The second-order valence-electron chi connectivity index (χ2n) is 6.61. The van der Waals surface area contributed by atoms with E-state index < -0.39 is 0 Å². The topological polar surface area (TPSA) is 39.3 Å². The van der Waals surface area contributed by atoms with Crippen molar-refractivity contribution in [3.8, 4) is 0 Å². The van der Waals surface area contributed by atoms with Crippen LogP contribution in [0.1, 0.15) is 19.4 Å². The fraction of sp³-hybridized carbons (Fsp3) is 0.500.